The highest BCUT2D eigenvalue weighted by atomic mass is 31.2. The minimum Gasteiger partial charge on any atom is -0.756 e. The van der Waals surface area contributed by atoms with Crippen LogP contribution >= 0.6 is 7.82 Å². The van der Waals surface area contributed by atoms with Crippen LogP contribution in [0.3, 0.4) is 0 Å². The molecule has 0 radical (unpaired) electrons. The quantitative estimate of drug-likeness (QED) is 0.0915. The van der Waals surface area contributed by atoms with Gasteiger partial charge in [0.05, 0.1) is 27.7 Å². The number of quaternary nitrogens is 1. The van der Waals surface area contributed by atoms with Crippen molar-refractivity contribution in [3.63, 3.8) is 0 Å². The molecular weight excluding hydrogens is 461 g/mol. The Labute approximate surface area is 206 Å². The maximum Gasteiger partial charge on any atom is 0.306 e. The standard InChI is InChI=1S/C24H48NO8P/c1-6-8-10-12-13-15-17-24(27)33-22(20-30-23(26)16-14-11-9-7-2)21-32-34(28,29)31-19-18-25(3,4)5/h22H,6-21H2,1-5H3. The maximum atomic E-state index is 12.2. The van der Waals surface area contributed by atoms with Gasteiger partial charge < -0.3 is 27.9 Å². The van der Waals surface area contributed by atoms with E-state index in [9.17, 15) is 19.0 Å². The molecular formula is C24H48NO8P. The van der Waals surface area contributed by atoms with Crippen molar-refractivity contribution < 1.29 is 42.1 Å². The minimum atomic E-state index is -4.58. The Morgan fingerprint density at radius 2 is 1.32 bits per heavy atom. The van der Waals surface area contributed by atoms with Gasteiger partial charge in [-0.1, -0.05) is 65.2 Å². The summed E-state index contributed by atoms with van der Waals surface area (Å²) in [7, 11) is 1.16. The van der Waals surface area contributed by atoms with Crippen LogP contribution < -0.4 is 4.89 Å². The van der Waals surface area contributed by atoms with Gasteiger partial charge in [0.15, 0.2) is 6.10 Å². The highest BCUT2D eigenvalue weighted by Gasteiger charge is 2.21. The van der Waals surface area contributed by atoms with Gasteiger partial charge in [-0.2, -0.15) is 0 Å². The third-order valence-corrected chi connectivity index (χ3v) is 6.09. The van der Waals surface area contributed by atoms with Crippen LogP contribution in [0.2, 0.25) is 0 Å². The summed E-state index contributed by atoms with van der Waals surface area (Å²) in [5.74, 6) is -0.868. The molecule has 0 saturated heterocycles. The van der Waals surface area contributed by atoms with Gasteiger partial charge in [-0.3, -0.25) is 14.2 Å². The van der Waals surface area contributed by atoms with Crippen LogP contribution in [0, 0.1) is 0 Å². The first kappa shape index (κ1) is 33.0. The number of rotatable bonds is 22. The normalized spacial score (nSPS) is 14.4. The molecule has 2 unspecified atom stereocenters. The average Bonchev–Trinajstić information content (AvgIpc) is 2.74. The number of hydrogen-bond acceptors (Lipinski definition) is 8. The first-order valence-corrected chi connectivity index (χ1v) is 14.2. The topological polar surface area (TPSA) is 111 Å². The Bertz CT molecular complexity index is 594. The fourth-order valence-electron chi connectivity index (χ4n) is 3.00. The molecule has 2 atom stereocenters. The molecule has 0 aromatic carbocycles. The number of phosphoric acid groups is 1. The summed E-state index contributed by atoms with van der Waals surface area (Å²) in [5.41, 5.74) is 0. The number of likely N-dealkylation sites (N-methyl/N-ethyl adjacent to an activating group) is 1. The van der Waals surface area contributed by atoms with Gasteiger partial charge in [0.1, 0.15) is 19.8 Å². The zero-order valence-corrected chi connectivity index (χ0v) is 22.9. The molecule has 202 valence electrons. The predicted octanol–water partition coefficient (Wildman–Crippen LogP) is 4.37. The van der Waals surface area contributed by atoms with Crippen molar-refractivity contribution >= 4 is 19.8 Å². The monoisotopic (exact) mass is 509 g/mol. The van der Waals surface area contributed by atoms with Crippen LogP contribution in [0.1, 0.15) is 90.9 Å². The molecule has 0 heterocycles. The molecule has 0 aliphatic rings. The van der Waals surface area contributed by atoms with Crippen LogP contribution in [0.25, 0.3) is 0 Å². The summed E-state index contributed by atoms with van der Waals surface area (Å²) in [5, 5.41) is 0. The van der Waals surface area contributed by atoms with Crippen LogP contribution in [-0.2, 0) is 32.7 Å². The second-order valence-corrected chi connectivity index (χ2v) is 11.1. The third-order valence-electron chi connectivity index (χ3n) is 5.13. The fraction of sp³-hybridized carbons (Fsp3) is 0.917. The zero-order valence-electron chi connectivity index (χ0n) is 22.1. The van der Waals surface area contributed by atoms with Crippen LogP contribution in [0.5, 0.6) is 0 Å². The van der Waals surface area contributed by atoms with E-state index in [2.05, 4.69) is 13.8 Å². The van der Waals surface area contributed by atoms with Gasteiger partial charge in [-0.25, -0.2) is 0 Å². The van der Waals surface area contributed by atoms with Gasteiger partial charge in [0, 0.05) is 12.8 Å². The number of unbranched alkanes of at least 4 members (excludes halogenated alkanes) is 8. The van der Waals surface area contributed by atoms with E-state index in [1.54, 1.807) is 0 Å². The lowest BCUT2D eigenvalue weighted by Gasteiger charge is -2.28. The molecule has 0 N–H and O–H groups in total. The minimum absolute atomic E-state index is 0.0283. The van der Waals surface area contributed by atoms with Gasteiger partial charge in [-0.05, 0) is 12.8 Å². The van der Waals surface area contributed by atoms with Crippen molar-refractivity contribution in [2.75, 3.05) is 47.5 Å². The number of phosphoric ester groups is 1. The summed E-state index contributed by atoms with van der Waals surface area (Å²) in [6.07, 6.45) is 9.42. The smallest absolute Gasteiger partial charge is 0.306 e. The summed E-state index contributed by atoms with van der Waals surface area (Å²) in [4.78, 5) is 36.3. The molecule has 9 nitrogen and oxygen atoms in total. The Balaban J connectivity index is 4.62. The van der Waals surface area contributed by atoms with Crippen molar-refractivity contribution in [2.45, 2.75) is 97.0 Å². The summed E-state index contributed by atoms with van der Waals surface area (Å²) < 4.78 is 33.0. The Morgan fingerprint density at radius 3 is 1.91 bits per heavy atom. The van der Waals surface area contributed by atoms with E-state index in [1.165, 1.54) is 6.42 Å². The van der Waals surface area contributed by atoms with Crippen molar-refractivity contribution in [1.82, 2.24) is 0 Å². The number of hydrogen-bond donors (Lipinski definition) is 0. The molecule has 0 aromatic rings. The Kier molecular flexibility index (Phi) is 18.7. The molecule has 0 saturated carbocycles. The summed E-state index contributed by atoms with van der Waals surface area (Å²) in [6, 6.07) is 0. The number of esters is 2. The largest absolute Gasteiger partial charge is 0.756 e. The molecule has 0 bridgehead atoms. The van der Waals surface area contributed by atoms with Crippen molar-refractivity contribution in [2.24, 2.45) is 0 Å². The van der Waals surface area contributed by atoms with Gasteiger partial charge in [0.2, 0.25) is 0 Å². The predicted molar refractivity (Wildman–Crippen MR) is 130 cm³/mol. The highest BCUT2D eigenvalue weighted by Crippen LogP contribution is 2.38. The van der Waals surface area contributed by atoms with Crippen molar-refractivity contribution in [3.05, 3.63) is 0 Å². The van der Waals surface area contributed by atoms with Crippen LogP contribution in [-0.4, -0.2) is 70.0 Å². The Hall–Kier alpha value is -0.990. The van der Waals surface area contributed by atoms with Crippen molar-refractivity contribution in [1.29, 1.82) is 0 Å². The molecule has 0 fully saturated rings. The highest BCUT2D eigenvalue weighted by molar-refractivity contribution is 7.45. The van der Waals surface area contributed by atoms with Gasteiger partial charge in [-0.15, -0.1) is 0 Å². The second kappa shape index (κ2) is 19.2. The van der Waals surface area contributed by atoms with Gasteiger partial charge >= 0.3 is 11.9 Å². The lowest BCUT2D eigenvalue weighted by Crippen LogP contribution is -2.37. The van der Waals surface area contributed by atoms with E-state index in [0.29, 0.717) is 17.4 Å². The lowest BCUT2D eigenvalue weighted by atomic mass is 10.1. The number of nitrogens with zero attached hydrogens (tertiary/aromatic N) is 1. The fourth-order valence-corrected chi connectivity index (χ4v) is 3.73. The first-order valence-electron chi connectivity index (χ1n) is 12.7. The molecule has 10 heteroatoms. The van der Waals surface area contributed by atoms with E-state index in [4.69, 9.17) is 18.5 Å². The third kappa shape index (κ3) is 21.5. The lowest BCUT2D eigenvalue weighted by molar-refractivity contribution is -0.870. The molecule has 0 amide bonds. The summed E-state index contributed by atoms with van der Waals surface area (Å²) in [6.45, 7) is 3.96. The first-order chi connectivity index (χ1) is 16.0. The molecule has 34 heavy (non-hydrogen) atoms. The molecule has 0 aliphatic heterocycles. The molecule has 0 spiro atoms. The van der Waals surface area contributed by atoms with Crippen LogP contribution in [0.15, 0.2) is 0 Å². The number of carbonyl (C=O) groups excluding carboxylic acids is 2. The van der Waals surface area contributed by atoms with E-state index in [1.807, 2.05) is 21.1 Å². The van der Waals surface area contributed by atoms with Crippen LogP contribution in [0.4, 0.5) is 0 Å². The van der Waals surface area contributed by atoms with Crippen molar-refractivity contribution in [3.8, 4) is 0 Å². The van der Waals surface area contributed by atoms with E-state index >= 15 is 0 Å². The number of carbonyl (C=O) groups is 2. The molecule has 0 rings (SSSR count). The molecule has 0 aromatic heterocycles. The van der Waals surface area contributed by atoms with Gasteiger partial charge in [0.25, 0.3) is 7.82 Å². The second-order valence-electron chi connectivity index (χ2n) is 9.71. The zero-order chi connectivity index (χ0) is 25.9. The van der Waals surface area contributed by atoms with E-state index in [-0.39, 0.29) is 26.1 Å². The number of ether oxygens (including phenoxy) is 2. The Morgan fingerprint density at radius 1 is 0.794 bits per heavy atom. The van der Waals surface area contributed by atoms with E-state index < -0.39 is 32.5 Å². The maximum absolute atomic E-state index is 12.2. The average molecular weight is 510 g/mol. The summed E-state index contributed by atoms with van der Waals surface area (Å²) >= 11 is 0. The molecule has 0 aliphatic carbocycles. The van der Waals surface area contributed by atoms with E-state index in [0.717, 1.165) is 51.4 Å². The SMILES string of the molecule is CCCCCCCCC(=O)OC(COC(=O)CCCCCC)COP(=O)([O-])OCC[N+](C)(C)C.